The molecule has 1 aliphatic rings. The summed E-state index contributed by atoms with van der Waals surface area (Å²) in [5.41, 5.74) is 0. The van der Waals surface area contributed by atoms with Crippen molar-refractivity contribution in [2.24, 2.45) is 11.8 Å². The normalized spacial score (nSPS) is 22.7. The zero-order valence-corrected chi connectivity index (χ0v) is 17.8. The summed E-state index contributed by atoms with van der Waals surface area (Å²) in [6, 6.07) is 0. The number of carbonyl (C=O) groups is 1. The van der Waals surface area contributed by atoms with Gasteiger partial charge in [-0.25, -0.2) is 0 Å². The van der Waals surface area contributed by atoms with E-state index in [0.717, 1.165) is 32.1 Å². The summed E-state index contributed by atoms with van der Waals surface area (Å²) in [5, 5.41) is 29.3. The average Bonchev–Trinajstić information content (AvgIpc) is 2.68. The van der Waals surface area contributed by atoms with Crippen molar-refractivity contribution in [2.45, 2.75) is 109 Å². The first-order chi connectivity index (χ1) is 13.5. The molecule has 4 heteroatoms. The fraction of sp³-hybridized carbons (Fsp3) is 0.792. The Kier molecular flexibility index (Phi) is 14.0. The molecule has 0 radical (unpaired) electrons. The Bertz CT molecular complexity index is 458. The van der Waals surface area contributed by atoms with Gasteiger partial charge in [0.05, 0.1) is 12.2 Å². The molecule has 0 saturated heterocycles. The molecule has 1 fully saturated rings. The van der Waals surface area contributed by atoms with Crippen LogP contribution < -0.4 is 0 Å². The summed E-state index contributed by atoms with van der Waals surface area (Å²) < 4.78 is 0. The number of allylic oxidation sites excluding steroid dienone is 3. The van der Waals surface area contributed by atoms with Crippen molar-refractivity contribution in [2.75, 3.05) is 0 Å². The lowest BCUT2D eigenvalue weighted by atomic mass is 9.75. The molecule has 2 unspecified atom stereocenters. The van der Waals surface area contributed by atoms with E-state index in [1.165, 1.54) is 38.5 Å². The van der Waals surface area contributed by atoms with Crippen molar-refractivity contribution in [3.8, 4) is 0 Å². The quantitative estimate of drug-likeness (QED) is 0.248. The van der Waals surface area contributed by atoms with Crippen LogP contribution in [0, 0.1) is 11.8 Å². The third kappa shape index (κ3) is 11.7. The molecule has 4 atom stereocenters. The van der Waals surface area contributed by atoms with Crippen molar-refractivity contribution in [1.29, 1.82) is 0 Å². The molecular weight excluding hydrogens is 352 g/mol. The largest absolute Gasteiger partial charge is 0.481 e. The lowest BCUT2D eigenvalue weighted by Crippen LogP contribution is -2.30. The summed E-state index contributed by atoms with van der Waals surface area (Å²) >= 11 is 0. The van der Waals surface area contributed by atoms with Gasteiger partial charge in [0, 0.05) is 6.42 Å². The van der Waals surface area contributed by atoms with Gasteiger partial charge in [0.2, 0.25) is 0 Å². The smallest absolute Gasteiger partial charge is 0.303 e. The molecule has 4 nitrogen and oxygen atoms in total. The average molecular weight is 395 g/mol. The van der Waals surface area contributed by atoms with E-state index in [1.807, 2.05) is 18.2 Å². The first kappa shape index (κ1) is 24.9. The van der Waals surface area contributed by atoms with E-state index in [-0.39, 0.29) is 18.4 Å². The molecule has 1 aliphatic carbocycles. The van der Waals surface area contributed by atoms with E-state index in [4.69, 9.17) is 5.11 Å². The molecule has 0 aliphatic heterocycles. The van der Waals surface area contributed by atoms with Crippen LogP contribution in [0.25, 0.3) is 0 Å². The van der Waals surface area contributed by atoms with E-state index >= 15 is 0 Å². The second-order valence-electron chi connectivity index (χ2n) is 8.36. The van der Waals surface area contributed by atoms with Gasteiger partial charge in [-0.2, -0.15) is 0 Å². The SMILES string of the molecule is CCCCCCCCC(O)/C=C/C=C/[C@@H]1CCCC[C@H]1C(O)CCCC(=O)O. The molecule has 0 amide bonds. The highest BCUT2D eigenvalue weighted by atomic mass is 16.4. The number of hydrogen-bond acceptors (Lipinski definition) is 3. The summed E-state index contributed by atoms with van der Waals surface area (Å²) in [4.78, 5) is 10.7. The lowest BCUT2D eigenvalue weighted by molar-refractivity contribution is -0.137. The Labute approximate surface area is 171 Å². The van der Waals surface area contributed by atoms with Crippen LogP contribution in [-0.4, -0.2) is 33.5 Å². The number of hydrogen-bond donors (Lipinski definition) is 3. The van der Waals surface area contributed by atoms with Crippen LogP contribution in [0.1, 0.15) is 96.8 Å². The van der Waals surface area contributed by atoms with Crippen molar-refractivity contribution < 1.29 is 20.1 Å². The molecule has 0 aromatic heterocycles. The van der Waals surface area contributed by atoms with Gasteiger partial charge in [0.1, 0.15) is 0 Å². The van der Waals surface area contributed by atoms with Crippen molar-refractivity contribution >= 4 is 5.97 Å². The number of rotatable bonds is 15. The Hall–Kier alpha value is -1.13. The van der Waals surface area contributed by atoms with E-state index in [1.54, 1.807) is 0 Å². The summed E-state index contributed by atoms with van der Waals surface area (Å²) in [6.07, 6.45) is 21.0. The minimum absolute atomic E-state index is 0.128. The van der Waals surface area contributed by atoms with Gasteiger partial charge in [-0.15, -0.1) is 0 Å². The maximum Gasteiger partial charge on any atom is 0.303 e. The first-order valence-corrected chi connectivity index (χ1v) is 11.5. The minimum atomic E-state index is -0.794. The van der Waals surface area contributed by atoms with Crippen LogP contribution in [0.4, 0.5) is 0 Å². The van der Waals surface area contributed by atoms with E-state index in [2.05, 4.69) is 13.0 Å². The second-order valence-corrected chi connectivity index (χ2v) is 8.36. The Morgan fingerprint density at radius 1 is 0.964 bits per heavy atom. The molecule has 1 saturated carbocycles. The number of aliphatic hydroxyl groups is 2. The van der Waals surface area contributed by atoms with Crippen molar-refractivity contribution in [3.63, 3.8) is 0 Å². The second kappa shape index (κ2) is 15.8. The monoisotopic (exact) mass is 394 g/mol. The number of carboxylic acid groups (broad SMARTS) is 1. The fourth-order valence-corrected chi connectivity index (χ4v) is 4.21. The third-order valence-corrected chi connectivity index (χ3v) is 5.92. The molecule has 162 valence electrons. The highest BCUT2D eigenvalue weighted by Gasteiger charge is 2.28. The lowest BCUT2D eigenvalue weighted by Gasteiger charge is -2.33. The molecule has 0 heterocycles. The van der Waals surface area contributed by atoms with Crippen LogP contribution in [0.3, 0.4) is 0 Å². The van der Waals surface area contributed by atoms with Crippen LogP contribution in [0.2, 0.25) is 0 Å². The molecule has 0 aromatic rings. The standard InChI is InChI=1S/C24H42O4/c1-2-3-4-5-6-7-15-21(25)16-10-8-13-20-14-9-11-17-22(20)23(26)18-12-19-24(27)28/h8,10,13,16,20-23,25-26H,2-7,9,11-12,14-15,17-19H2,1H3,(H,27,28)/b13-8+,16-10+/t20-,21?,22-,23?/m1/s1. The topological polar surface area (TPSA) is 77.8 Å². The van der Waals surface area contributed by atoms with Gasteiger partial charge in [0.15, 0.2) is 0 Å². The zero-order valence-electron chi connectivity index (χ0n) is 17.8. The van der Waals surface area contributed by atoms with Gasteiger partial charge < -0.3 is 15.3 Å². The maximum absolute atomic E-state index is 10.7. The highest BCUT2D eigenvalue weighted by molar-refractivity contribution is 5.66. The number of aliphatic carboxylic acids is 1. The Morgan fingerprint density at radius 3 is 2.43 bits per heavy atom. The first-order valence-electron chi connectivity index (χ1n) is 11.5. The van der Waals surface area contributed by atoms with Gasteiger partial charge in [-0.3, -0.25) is 4.79 Å². The van der Waals surface area contributed by atoms with E-state index < -0.39 is 12.1 Å². The van der Waals surface area contributed by atoms with Crippen molar-refractivity contribution in [3.05, 3.63) is 24.3 Å². The Balaban J connectivity index is 2.32. The summed E-state index contributed by atoms with van der Waals surface area (Å²) in [5.74, 6) is -0.230. The van der Waals surface area contributed by atoms with Crippen molar-refractivity contribution in [1.82, 2.24) is 0 Å². The molecular formula is C24H42O4. The summed E-state index contributed by atoms with van der Waals surface area (Å²) in [6.45, 7) is 2.22. The number of carboxylic acids is 1. The molecule has 0 aromatic carbocycles. The molecule has 28 heavy (non-hydrogen) atoms. The number of unbranched alkanes of at least 4 members (excludes halogenated alkanes) is 5. The minimum Gasteiger partial charge on any atom is -0.481 e. The van der Waals surface area contributed by atoms with Crippen LogP contribution in [0.5, 0.6) is 0 Å². The predicted molar refractivity (Wildman–Crippen MR) is 115 cm³/mol. The zero-order chi connectivity index (χ0) is 20.6. The maximum atomic E-state index is 10.7. The summed E-state index contributed by atoms with van der Waals surface area (Å²) in [7, 11) is 0. The molecule has 3 N–H and O–H groups in total. The van der Waals surface area contributed by atoms with Crippen LogP contribution in [-0.2, 0) is 4.79 Å². The van der Waals surface area contributed by atoms with Crippen LogP contribution >= 0.6 is 0 Å². The third-order valence-electron chi connectivity index (χ3n) is 5.92. The van der Waals surface area contributed by atoms with E-state index in [9.17, 15) is 15.0 Å². The molecule has 1 rings (SSSR count). The fourth-order valence-electron chi connectivity index (χ4n) is 4.21. The Morgan fingerprint density at radius 2 is 1.68 bits per heavy atom. The van der Waals surface area contributed by atoms with Gasteiger partial charge in [0.25, 0.3) is 0 Å². The van der Waals surface area contributed by atoms with Gasteiger partial charge in [-0.1, -0.05) is 82.6 Å². The molecule has 0 spiro atoms. The van der Waals surface area contributed by atoms with E-state index in [0.29, 0.717) is 18.8 Å². The predicted octanol–water partition coefficient (Wildman–Crippen LogP) is 5.63. The van der Waals surface area contributed by atoms with Gasteiger partial charge in [-0.05, 0) is 43.9 Å². The molecule has 0 bridgehead atoms. The number of aliphatic hydroxyl groups excluding tert-OH is 2. The highest BCUT2D eigenvalue weighted by Crippen LogP contribution is 2.34. The van der Waals surface area contributed by atoms with Gasteiger partial charge >= 0.3 is 5.97 Å². The van der Waals surface area contributed by atoms with Crippen LogP contribution in [0.15, 0.2) is 24.3 Å².